The second-order valence-corrected chi connectivity index (χ2v) is 8.16. The van der Waals surface area contributed by atoms with Crippen LogP contribution in [-0.4, -0.2) is 19.4 Å². The third kappa shape index (κ3) is 2.61. The first-order chi connectivity index (χ1) is 12.0. The lowest BCUT2D eigenvalue weighted by molar-refractivity contribution is 0.478. The first-order valence-corrected chi connectivity index (χ1v) is 9.67. The van der Waals surface area contributed by atoms with Crippen molar-refractivity contribution in [1.82, 2.24) is 0 Å². The van der Waals surface area contributed by atoms with E-state index in [0.29, 0.717) is 21.0 Å². The Balaban J connectivity index is 1.87. The van der Waals surface area contributed by atoms with Gasteiger partial charge in [-0.15, -0.1) is 15.7 Å². The van der Waals surface area contributed by atoms with Crippen molar-refractivity contribution in [3.8, 4) is 16.2 Å². The van der Waals surface area contributed by atoms with Crippen molar-refractivity contribution >= 4 is 32.9 Å². The Hall–Kier alpha value is -2.64. The summed E-state index contributed by atoms with van der Waals surface area (Å²) in [6.07, 6.45) is 0. The molecule has 0 amide bonds. The van der Waals surface area contributed by atoms with Gasteiger partial charge in [-0.3, -0.25) is 0 Å². The van der Waals surface area contributed by atoms with Crippen molar-refractivity contribution in [2.45, 2.75) is 4.90 Å². The van der Waals surface area contributed by atoms with E-state index in [4.69, 9.17) is 0 Å². The van der Waals surface area contributed by atoms with Gasteiger partial charge in [-0.05, 0) is 24.6 Å². The quantitative estimate of drug-likeness (QED) is 0.719. The molecule has 0 fully saturated rings. The fourth-order valence-corrected chi connectivity index (χ4v) is 4.84. The van der Waals surface area contributed by atoms with Crippen LogP contribution in [0.2, 0.25) is 0 Å². The van der Waals surface area contributed by atoms with Gasteiger partial charge in [-0.1, -0.05) is 42.5 Å². The zero-order valence-electron chi connectivity index (χ0n) is 12.9. The number of anilines is 1. The summed E-state index contributed by atoms with van der Waals surface area (Å²) in [5.74, 6) is 0.0571. The average molecular weight is 369 g/mol. The maximum Gasteiger partial charge on any atom is 0.286 e. The van der Waals surface area contributed by atoms with E-state index in [-0.39, 0.29) is 16.5 Å². The van der Waals surface area contributed by atoms with E-state index >= 15 is 0 Å². The second-order valence-electron chi connectivity index (χ2n) is 5.48. The zero-order valence-corrected chi connectivity index (χ0v) is 14.6. The first kappa shape index (κ1) is 15.9. The summed E-state index contributed by atoms with van der Waals surface area (Å²) in [6.45, 7) is 3.95. The molecule has 2 aromatic carbocycles. The van der Waals surface area contributed by atoms with Gasteiger partial charge >= 0.3 is 0 Å². The number of rotatable bonds is 2. The maximum atomic E-state index is 12.4. The summed E-state index contributed by atoms with van der Waals surface area (Å²) in [5.41, 5.74) is 1.57. The number of sulfonamides is 1. The van der Waals surface area contributed by atoms with Gasteiger partial charge in [0.15, 0.2) is 5.84 Å². The molecule has 1 radical (unpaired) electrons. The van der Waals surface area contributed by atoms with Gasteiger partial charge in [0.2, 0.25) is 0 Å². The molecule has 0 saturated carbocycles. The van der Waals surface area contributed by atoms with Crippen molar-refractivity contribution in [3.63, 3.8) is 0 Å². The molecule has 0 spiro atoms. The average Bonchev–Trinajstić information content (AvgIpc) is 2.89. The molecule has 3 aromatic rings. The number of nitrogens with zero attached hydrogens (tertiary/aromatic N) is 1. The molecule has 4 rings (SSSR count). The number of para-hydroxylation sites is 1. The van der Waals surface area contributed by atoms with E-state index in [0.717, 1.165) is 5.56 Å². The summed E-state index contributed by atoms with van der Waals surface area (Å²) in [5, 5.41) is 13.7. The molecule has 25 heavy (non-hydrogen) atoms. The fourth-order valence-electron chi connectivity index (χ4n) is 2.72. The molecule has 0 atom stereocenters. The molecule has 0 aliphatic carbocycles. The highest BCUT2D eigenvalue weighted by Gasteiger charge is 2.29. The van der Waals surface area contributed by atoms with Crippen LogP contribution in [0.5, 0.6) is 5.75 Å². The van der Waals surface area contributed by atoms with Crippen LogP contribution in [0.3, 0.4) is 0 Å². The van der Waals surface area contributed by atoms with Crippen molar-refractivity contribution in [3.05, 3.63) is 72.0 Å². The Labute approximate surface area is 149 Å². The van der Waals surface area contributed by atoms with Crippen LogP contribution in [0.4, 0.5) is 5.69 Å². The Morgan fingerprint density at radius 1 is 1.04 bits per heavy atom. The van der Waals surface area contributed by atoms with E-state index in [1.165, 1.54) is 17.4 Å². The van der Waals surface area contributed by atoms with Crippen molar-refractivity contribution < 1.29 is 13.5 Å². The first-order valence-electron chi connectivity index (χ1n) is 7.42. The third-order valence-electron chi connectivity index (χ3n) is 3.86. The molecule has 1 aliphatic rings. The number of aromatic hydroxyl groups is 1. The smallest absolute Gasteiger partial charge is 0.286 e. The minimum atomic E-state index is -3.84. The maximum absolute atomic E-state index is 12.4. The van der Waals surface area contributed by atoms with Gasteiger partial charge in [0.05, 0.1) is 16.1 Å². The Morgan fingerprint density at radius 2 is 1.72 bits per heavy atom. The van der Waals surface area contributed by atoms with Crippen LogP contribution in [-0.2, 0) is 10.0 Å². The molecule has 5 nitrogen and oxygen atoms in total. The number of hydrogen-bond donors (Lipinski definition) is 2. The molecule has 0 bridgehead atoms. The highest BCUT2D eigenvalue weighted by atomic mass is 32.2. The number of thiophene rings is 1. The predicted octanol–water partition coefficient (Wildman–Crippen LogP) is 3.86. The summed E-state index contributed by atoms with van der Waals surface area (Å²) >= 11 is 1.29. The lowest BCUT2D eigenvalue weighted by atomic mass is 10.1. The van der Waals surface area contributed by atoms with Crippen molar-refractivity contribution in [2.24, 2.45) is 4.40 Å². The SMILES string of the molecule is [CH2]c1sc(-c2ccccc2)c(O)c1C1=NS(=O)(=O)c2ccccc2N1. The van der Waals surface area contributed by atoms with Crippen LogP contribution in [0.25, 0.3) is 10.4 Å². The normalized spacial score (nSPS) is 15.2. The van der Waals surface area contributed by atoms with Crippen LogP contribution < -0.4 is 5.32 Å². The van der Waals surface area contributed by atoms with Gasteiger partial charge in [0.25, 0.3) is 10.0 Å². The molecular formula is C18H13N2O3S2. The Morgan fingerprint density at radius 3 is 2.48 bits per heavy atom. The van der Waals surface area contributed by atoms with Crippen LogP contribution in [0.1, 0.15) is 10.4 Å². The molecule has 1 aromatic heterocycles. The van der Waals surface area contributed by atoms with E-state index in [9.17, 15) is 13.5 Å². The topological polar surface area (TPSA) is 78.8 Å². The molecule has 2 heterocycles. The molecular weight excluding hydrogens is 356 g/mol. The number of fused-ring (bicyclic) bond motifs is 1. The summed E-state index contributed by atoms with van der Waals surface area (Å²) < 4.78 is 28.7. The van der Waals surface area contributed by atoms with Crippen LogP contribution >= 0.6 is 11.3 Å². The Bertz CT molecular complexity index is 1100. The highest BCUT2D eigenvalue weighted by molar-refractivity contribution is 7.90. The number of amidine groups is 1. The van der Waals surface area contributed by atoms with E-state index in [1.807, 2.05) is 30.3 Å². The third-order valence-corrected chi connectivity index (χ3v) is 6.28. The van der Waals surface area contributed by atoms with Crippen molar-refractivity contribution in [1.29, 1.82) is 0 Å². The van der Waals surface area contributed by atoms with E-state index < -0.39 is 10.0 Å². The minimum absolute atomic E-state index is 0.0259. The van der Waals surface area contributed by atoms with Gasteiger partial charge in [-0.2, -0.15) is 8.42 Å². The van der Waals surface area contributed by atoms with Crippen LogP contribution in [0.15, 0.2) is 63.9 Å². The lowest BCUT2D eigenvalue weighted by Gasteiger charge is -2.18. The molecule has 7 heteroatoms. The summed E-state index contributed by atoms with van der Waals surface area (Å²) in [4.78, 5) is 1.28. The number of benzene rings is 2. The minimum Gasteiger partial charge on any atom is -0.506 e. The van der Waals surface area contributed by atoms with E-state index in [2.05, 4.69) is 16.6 Å². The second kappa shape index (κ2) is 5.72. The summed E-state index contributed by atoms with van der Waals surface area (Å²) in [7, 11) is -3.84. The standard InChI is InChI=1S/C18H13N2O3S2/c1-11-15(16(21)17(24-11)12-7-3-2-4-8-12)18-19-13-9-5-6-10-14(13)25(22,23)20-18/h2-10,21H,1H2,(H,19,20). The number of nitrogens with one attached hydrogen (secondary N) is 1. The Kier molecular flexibility index (Phi) is 3.63. The zero-order chi connectivity index (χ0) is 17.6. The predicted molar refractivity (Wildman–Crippen MR) is 99.7 cm³/mol. The molecule has 1 aliphatic heterocycles. The van der Waals surface area contributed by atoms with Gasteiger partial charge in [-0.25, -0.2) is 0 Å². The van der Waals surface area contributed by atoms with Crippen LogP contribution in [0, 0.1) is 6.92 Å². The van der Waals surface area contributed by atoms with Gasteiger partial charge < -0.3 is 10.4 Å². The van der Waals surface area contributed by atoms with Gasteiger partial charge in [0.1, 0.15) is 10.6 Å². The highest BCUT2D eigenvalue weighted by Crippen LogP contribution is 2.43. The molecule has 0 unspecified atom stereocenters. The van der Waals surface area contributed by atoms with E-state index in [1.54, 1.807) is 18.2 Å². The number of hydrogen-bond acceptors (Lipinski definition) is 5. The molecule has 0 saturated heterocycles. The largest absolute Gasteiger partial charge is 0.506 e. The monoisotopic (exact) mass is 369 g/mol. The lowest BCUT2D eigenvalue weighted by Crippen LogP contribution is -2.22. The van der Waals surface area contributed by atoms with Gasteiger partial charge in [0, 0.05) is 4.88 Å². The van der Waals surface area contributed by atoms with Crippen molar-refractivity contribution in [2.75, 3.05) is 5.32 Å². The molecule has 125 valence electrons. The summed E-state index contributed by atoms with van der Waals surface area (Å²) in [6, 6.07) is 15.9. The molecule has 2 N–H and O–H groups in total. The fraction of sp³-hybridized carbons (Fsp3) is 0.